The smallest absolute Gasteiger partial charge is 0.744 e. The van der Waals surface area contributed by atoms with Gasteiger partial charge in [-0.2, -0.15) is 34.2 Å². The van der Waals surface area contributed by atoms with Gasteiger partial charge in [-0.1, -0.05) is 24.3 Å². The summed E-state index contributed by atoms with van der Waals surface area (Å²) in [6, 6.07) is 9.27. The molecular weight excluding hydrogens is 711 g/mol. The minimum atomic E-state index is -4.92. The minimum Gasteiger partial charge on any atom is -0.744 e. The molecule has 0 radical (unpaired) electrons. The van der Waals surface area contributed by atoms with Crippen LogP contribution in [0.25, 0.3) is 12.2 Å². The zero-order valence-corrected chi connectivity index (χ0v) is 34.0. The molecule has 0 aliphatic rings. The zero-order chi connectivity index (χ0) is 34.5. The van der Waals surface area contributed by atoms with E-state index in [4.69, 9.17) is 0 Å². The molecule has 0 unspecified atom stereocenters. The molecule has 4 rings (SSSR count). The summed E-state index contributed by atoms with van der Waals surface area (Å²) in [5.74, 6) is 1.76. The quantitative estimate of drug-likeness (QED) is 0.0155. The van der Waals surface area contributed by atoms with Gasteiger partial charge in [0.15, 0.2) is 0 Å². The van der Waals surface area contributed by atoms with E-state index in [9.17, 15) is 18.2 Å². The van der Waals surface area contributed by atoms with E-state index in [1.807, 2.05) is 27.7 Å². The van der Waals surface area contributed by atoms with Gasteiger partial charge in [0.2, 0.25) is 35.7 Å². The van der Waals surface area contributed by atoms with Gasteiger partial charge >= 0.3 is 59.1 Å². The van der Waals surface area contributed by atoms with E-state index in [1.165, 1.54) is 18.2 Å². The number of hydrogen-bond donors (Lipinski definition) is 6. The van der Waals surface area contributed by atoms with Gasteiger partial charge in [0.25, 0.3) is 0 Å². The second-order valence-electron chi connectivity index (χ2n) is 9.50. The Hall–Kier alpha value is -2.86. The fourth-order valence-corrected chi connectivity index (χ4v) is 5.29. The maximum atomic E-state index is 12.3. The first kappa shape index (κ1) is 43.3. The summed E-state index contributed by atoms with van der Waals surface area (Å²) in [6.45, 7) is 9.94. The van der Waals surface area contributed by atoms with Gasteiger partial charge in [-0.3, -0.25) is 5.04 Å². The third-order valence-corrected chi connectivity index (χ3v) is 7.56. The molecule has 0 saturated heterocycles. The molecule has 18 nitrogen and oxygen atoms in total. The first-order valence-corrected chi connectivity index (χ1v) is 16.9. The third kappa shape index (κ3) is 13.0. The predicted octanol–water partition coefficient (Wildman–Crippen LogP) is -2.42. The number of anilines is 8. The molecule has 0 amide bonds. The van der Waals surface area contributed by atoms with Crippen molar-refractivity contribution in [1.29, 1.82) is 0 Å². The second kappa shape index (κ2) is 21.5. The van der Waals surface area contributed by atoms with Crippen LogP contribution in [0.5, 0.6) is 0 Å². The summed E-state index contributed by atoms with van der Waals surface area (Å²) in [7, 11) is -4.92. The van der Waals surface area contributed by atoms with Gasteiger partial charge in [-0.05, 0) is 63.1 Å². The molecule has 50 heavy (non-hydrogen) atoms. The Bertz CT molecular complexity index is 1790. The van der Waals surface area contributed by atoms with Crippen LogP contribution in [-0.2, 0) is 19.5 Å². The van der Waals surface area contributed by atoms with Crippen LogP contribution >= 0.6 is 12.0 Å². The summed E-state index contributed by atoms with van der Waals surface area (Å²) >= 11 is 0.629. The molecule has 0 atom stereocenters. The average Bonchev–Trinajstić information content (AvgIpc) is 3.04. The van der Waals surface area contributed by atoms with Gasteiger partial charge in [0.1, 0.15) is 10.1 Å². The van der Waals surface area contributed by atoms with Crippen LogP contribution < -0.4 is 96.3 Å². The summed E-state index contributed by atoms with van der Waals surface area (Å²) in [6.07, 6.45) is 3.01. The molecule has 2 heterocycles. The normalized spacial score (nSPS) is 10.9. The fourth-order valence-electron chi connectivity index (χ4n) is 4.09. The Morgan fingerprint density at radius 2 is 1.06 bits per heavy atom. The van der Waals surface area contributed by atoms with Crippen LogP contribution in [0.3, 0.4) is 0 Å². The number of nitrogens with one attached hydrogen (secondary N) is 6. The summed E-state index contributed by atoms with van der Waals surface area (Å²) in [5.41, 5.74) is 1.42. The van der Waals surface area contributed by atoms with Crippen molar-refractivity contribution in [2.45, 2.75) is 37.5 Å². The topological polar surface area (TPSA) is 248 Å². The van der Waals surface area contributed by atoms with E-state index in [2.05, 4.69) is 71.2 Å². The summed E-state index contributed by atoms with van der Waals surface area (Å²) < 4.78 is 41.5. The van der Waals surface area contributed by atoms with Gasteiger partial charge in [-0.25, -0.2) is 8.42 Å². The molecule has 0 aliphatic heterocycles. The molecular formula is C28H34N12Na2O6S2. The molecule has 4 aromatic rings. The zero-order valence-electron chi connectivity index (χ0n) is 28.4. The number of aromatic nitrogens is 6. The number of nitrogens with zero attached hydrogens (tertiary/aromatic N) is 6. The largest absolute Gasteiger partial charge is 1.00 e. The van der Waals surface area contributed by atoms with Crippen LogP contribution in [-0.4, -0.2) is 69.1 Å². The van der Waals surface area contributed by atoms with Crippen molar-refractivity contribution in [1.82, 2.24) is 29.9 Å². The van der Waals surface area contributed by atoms with Crippen LogP contribution in [0.4, 0.5) is 47.1 Å². The van der Waals surface area contributed by atoms with Crippen molar-refractivity contribution in [2.75, 3.05) is 58.1 Å². The molecule has 0 spiro atoms. The molecule has 0 aliphatic carbocycles. The van der Waals surface area contributed by atoms with Gasteiger partial charge < -0.3 is 41.7 Å². The van der Waals surface area contributed by atoms with E-state index in [0.717, 1.165) is 0 Å². The van der Waals surface area contributed by atoms with Crippen molar-refractivity contribution >= 4 is 81.4 Å². The van der Waals surface area contributed by atoms with Gasteiger partial charge in [-0.15, -0.1) is 0 Å². The standard InChI is InChI=1S/C28H36N12O6S2.2Na/c1-5-29-23-35-24(30-6-2)38-27(37-23)33-19-13-11-17(21(15-19)47-46-45-41)9-10-18-12-14-20(16-22(18)48(42,43)44)34-28-39-25(31-7-3)36-26(40-28)32-8-4;;/h9-16,41H,5-8H2,1-4H3,(H,42,43,44)(H3,29,30,33,35,37,38)(H3,31,32,34,36,39,40);;/q;2*+1/p-2/b10-9+;;. The maximum Gasteiger partial charge on any atom is 1.00 e. The number of benzene rings is 2. The van der Waals surface area contributed by atoms with Crippen LogP contribution in [0.1, 0.15) is 38.8 Å². The Kier molecular flexibility index (Phi) is 18.6. The van der Waals surface area contributed by atoms with E-state index in [1.54, 1.807) is 30.3 Å². The maximum absolute atomic E-state index is 12.3. The monoisotopic (exact) mass is 744 g/mol. The van der Waals surface area contributed by atoms with Crippen molar-refractivity contribution in [2.24, 2.45) is 0 Å². The minimum absolute atomic E-state index is 0. The Balaban J connectivity index is 0.00000433. The molecule has 256 valence electrons. The number of hydrogen-bond acceptors (Lipinski definition) is 19. The second-order valence-corrected chi connectivity index (χ2v) is 11.6. The van der Waals surface area contributed by atoms with Crippen molar-refractivity contribution in [3.8, 4) is 0 Å². The Morgan fingerprint density at radius 1 is 0.660 bits per heavy atom. The molecule has 0 saturated carbocycles. The summed E-state index contributed by atoms with van der Waals surface area (Å²) in [4.78, 5) is 25.8. The van der Waals surface area contributed by atoms with Crippen LogP contribution in [0, 0.1) is 0 Å². The molecule has 0 fully saturated rings. The van der Waals surface area contributed by atoms with Crippen molar-refractivity contribution in [3.05, 3.63) is 47.5 Å². The fraction of sp³-hybridized carbons (Fsp3) is 0.286. The first-order chi connectivity index (χ1) is 23.1. The van der Waals surface area contributed by atoms with E-state index < -0.39 is 15.0 Å². The molecule has 6 N–H and O–H groups in total. The van der Waals surface area contributed by atoms with Gasteiger partial charge in [0, 0.05) is 42.4 Å². The molecule has 22 heteroatoms. The van der Waals surface area contributed by atoms with Crippen molar-refractivity contribution in [3.63, 3.8) is 0 Å². The van der Waals surface area contributed by atoms with Crippen LogP contribution in [0.15, 0.2) is 46.2 Å². The molecule has 2 aromatic carbocycles. The Morgan fingerprint density at radius 3 is 1.48 bits per heavy atom. The third-order valence-electron chi connectivity index (χ3n) is 6.01. The molecule has 0 bridgehead atoms. The SMILES string of the molecule is CCNc1nc(NCC)nc(Nc2ccc(/C=C/c3ccc(Nc4nc(NCC)nc(NCC)n4)cc3S(=O)(=O)[O-])c(SOO[O-])c2)n1.[Na+].[Na+]. The van der Waals surface area contributed by atoms with E-state index in [-0.39, 0.29) is 82.3 Å². The average molecular weight is 745 g/mol. The van der Waals surface area contributed by atoms with Crippen LogP contribution in [0.2, 0.25) is 0 Å². The van der Waals surface area contributed by atoms with E-state index in [0.29, 0.717) is 78.2 Å². The number of rotatable bonds is 18. The van der Waals surface area contributed by atoms with Crippen molar-refractivity contribution < 1.29 is 86.7 Å². The van der Waals surface area contributed by atoms with Gasteiger partial charge in [0.05, 0.1) is 16.9 Å². The molecule has 2 aromatic heterocycles. The summed E-state index contributed by atoms with van der Waals surface area (Å²) in [5, 5.41) is 32.3. The Labute approximate surface area is 338 Å². The first-order valence-electron chi connectivity index (χ1n) is 14.7. The predicted molar refractivity (Wildman–Crippen MR) is 181 cm³/mol. The van der Waals surface area contributed by atoms with E-state index >= 15 is 0 Å².